The molecule has 0 spiro atoms. The maximum Gasteiger partial charge on any atom is 0.170 e. The summed E-state index contributed by atoms with van der Waals surface area (Å²) in [4.78, 5) is 17.6. The summed E-state index contributed by atoms with van der Waals surface area (Å²) in [7, 11) is 0. The summed E-state index contributed by atoms with van der Waals surface area (Å²) in [6.45, 7) is 5.01. The number of rotatable bonds is 6. The molecule has 0 aliphatic rings. The summed E-state index contributed by atoms with van der Waals surface area (Å²) in [5, 5.41) is 0. The van der Waals surface area contributed by atoms with Crippen LogP contribution in [0.5, 0.6) is 0 Å². The molecule has 0 amide bonds. The molecule has 2 rings (SSSR count). The van der Waals surface area contributed by atoms with Crippen LogP contribution < -0.4 is 0 Å². The number of aromatic nitrogens is 2. The molecule has 0 saturated carbocycles. The van der Waals surface area contributed by atoms with Crippen molar-refractivity contribution in [3.63, 3.8) is 0 Å². The quantitative estimate of drug-likeness (QED) is 0.598. The number of Topliss-reactive ketones (excluding diaryl/α,β-unsaturated/α-hetero) is 1. The van der Waals surface area contributed by atoms with Gasteiger partial charge in [-0.3, -0.25) is 4.79 Å². The standard InChI is InChI=1S/C15H18N2OS/c1-3-17-10-9-16-15(17)11-14(18)12-5-7-13(8-6-12)19-4-2/h5-10H,3-4,11H2,1-2H3. The second kappa shape index (κ2) is 6.57. The van der Waals surface area contributed by atoms with Crippen LogP contribution in [-0.4, -0.2) is 21.1 Å². The van der Waals surface area contributed by atoms with E-state index in [4.69, 9.17) is 0 Å². The Labute approximate surface area is 118 Å². The Balaban J connectivity index is 2.07. The summed E-state index contributed by atoms with van der Waals surface area (Å²) in [5.74, 6) is 2.00. The Morgan fingerprint density at radius 3 is 2.63 bits per heavy atom. The van der Waals surface area contributed by atoms with Crippen LogP contribution >= 0.6 is 11.8 Å². The van der Waals surface area contributed by atoms with Gasteiger partial charge in [-0.25, -0.2) is 4.98 Å². The highest BCUT2D eigenvalue weighted by Gasteiger charge is 2.10. The maximum absolute atomic E-state index is 12.2. The molecule has 3 nitrogen and oxygen atoms in total. The predicted octanol–water partition coefficient (Wildman–Crippen LogP) is 3.44. The number of hydrogen-bond acceptors (Lipinski definition) is 3. The fourth-order valence-corrected chi connectivity index (χ4v) is 2.61. The first-order chi connectivity index (χ1) is 9.24. The molecule has 0 bridgehead atoms. The molecule has 0 fully saturated rings. The lowest BCUT2D eigenvalue weighted by atomic mass is 10.1. The van der Waals surface area contributed by atoms with Gasteiger partial charge in [-0.05, 0) is 24.8 Å². The van der Waals surface area contributed by atoms with Crippen LogP contribution in [0.1, 0.15) is 30.0 Å². The van der Waals surface area contributed by atoms with Crippen molar-refractivity contribution in [3.05, 3.63) is 48.0 Å². The molecule has 0 aliphatic heterocycles. The van der Waals surface area contributed by atoms with Crippen LogP contribution in [0, 0.1) is 0 Å². The van der Waals surface area contributed by atoms with Gasteiger partial charge in [0.2, 0.25) is 0 Å². The van der Waals surface area contributed by atoms with Crippen molar-refractivity contribution in [1.29, 1.82) is 0 Å². The monoisotopic (exact) mass is 274 g/mol. The highest BCUT2D eigenvalue weighted by molar-refractivity contribution is 7.99. The number of imidazole rings is 1. The minimum atomic E-state index is 0.119. The van der Waals surface area contributed by atoms with E-state index in [9.17, 15) is 4.79 Å². The fourth-order valence-electron chi connectivity index (χ4n) is 1.94. The average molecular weight is 274 g/mol. The lowest BCUT2D eigenvalue weighted by Crippen LogP contribution is -2.09. The van der Waals surface area contributed by atoms with Gasteiger partial charge in [0.05, 0.1) is 6.42 Å². The van der Waals surface area contributed by atoms with Crippen molar-refractivity contribution in [2.45, 2.75) is 31.7 Å². The molecular formula is C15H18N2OS. The number of hydrogen-bond donors (Lipinski definition) is 0. The number of carbonyl (C=O) groups is 1. The van der Waals surface area contributed by atoms with Gasteiger partial charge in [-0.1, -0.05) is 19.1 Å². The van der Waals surface area contributed by atoms with Gasteiger partial charge in [0.1, 0.15) is 5.82 Å². The lowest BCUT2D eigenvalue weighted by Gasteiger charge is -2.05. The van der Waals surface area contributed by atoms with Gasteiger partial charge in [-0.2, -0.15) is 0 Å². The Morgan fingerprint density at radius 2 is 2.00 bits per heavy atom. The van der Waals surface area contributed by atoms with Gasteiger partial charge in [0.15, 0.2) is 5.78 Å². The Kier molecular flexibility index (Phi) is 4.80. The summed E-state index contributed by atoms with van der Waals surface area (Å²) in [6, 6.07) is 7.82. The molecule has 0 saturated heterocycles. The predicted molar refractivity (Wildman–Crippen MR) is 78.8 cm³/mol. The Morgan fingerprint density at radius 1 is 1.26 bits per heavy atom. The van der Waals surface area contributed by atoms with E-state index in [1.54, 1.807) is 18.0 Å². The smallest absolute Gasteiger partial charge is 0.170 e. The van der Waals surface area contributed by atoms with E-state index < -0.39 is 0 Å². The summed E-state index contributed by atoms with van der Waals surface area (Å²) in [5.41, 5.74) is 0.756. The first kappa shape index (κ1) is 13.9. The zero-order valence-corrected chi connectivity index (χ0v) is 12.1. The second-order valence-corrected chi connectivity index (χ2v) is 5.52. The first-order valence-electron chi connectivity index (χ1n) is 6.50. The molecule has 0 atom stereocenters. The van der Waals surface area contributed by atoms with E-state index in [2.05, 4.69) is 11.9 Å². The van der Waals surface area contributed by atoms with E-state index in [-0.39, 0.29) is 5.78 Å². The van der Waals surface area contributed by atoms with Gasteiger partial charge >= 0.3 is 0 Å². The molecule has 0 N–H and O–H groups in total. The van der Waals surface area contributed by atoms with Gasteiger partial charge in [0, 0.05) is 29.4 Å². The highest BCUT2D eigenvalue weighted by atomic mass is 32.2. The largest absolute Gasteiger partial charge is 0.335 e. The van der Waals surface area contributed by atoms with Crippen molar-refractivity contribution in [2.24, 2.45) is 0 Å². The van der Waals surface area contributed by atoms with Crippen molar-refractivity contribution < 1.29 is 4.79 Å². The summed E-state index contributed by atoms with van der Waals surface area (Å²) >= 11 is 1.78. The third kappa shape index (κ3) is 3.47. The zero-order chi connectivity index (χ0) is 13.7. The fraction of sp³-hybridized carbons (Fsp3) is 0.333. The van der Waals surface area contributed by atoms with Crippen molar-refractivity contribution >= 4 is 17.5 Å². The number of carbonyl (C=O) groups excluding carboxylic acids is 1. The minimum absolute atomic E-state index is 0.119. The number of nitrogens with zero attached hydrogens (tertiary/aromatic N) is 2. The zero-order valence-electron chi connectivity index (χ0n) is 11.3. The van der Waals surface area contributed by atoms with Crippen LogP contribution in [-0.2, 0) is 13.0 Å². The summed E-state index contributed by atoms with van der Waals surface area (Å²) in [6.07, 6.45) is 4.01. The minimum Gasteiger partial charge on any atom is -0.335 e. The molecule has 100 valence electrons. The molecule has 0 unspecified atom stereocenters. The molecule has 1 aromatic carbocycles. The van der Waals surface area contributed by atoms with E-state index in [0.29, 0.717) is 6.42 Å². The van der Waals surface area contributed by atoms with Crippen LogP contribution in [0.4, 0.5) is 0 Å². The highest BCUT2D eigenvalue weighted by Crippen LogP contribution is 2.18. The molecule has 1 aromatic heterocycles. The number of thioether (sulfide) groups is 1. The number of benzene rings is 1. The molecule has 0 radical (unpaired) electrons. The molecule has 4 heteroatoms. The third-order valence-electron chi connectivity index (χ3n) is 2.95. The van der Waals surface area contributed by atoms with Crippen LogP contribution in [0.3, 0.4) is 0 Å². The molecular weight excluding hydrogens is 256 g/mol. The second-order valence-electron chi connectivity index (χ2n) is 4.19. The Hall–Kier alpha value is -1.55. The van der Waals surface area contributed by atoms with Crippen molar-refractivity contribution in [2.75, 3.05) is 5.75 Å². The molecule has 2 aromatic rings. The maximum atomic E-state index is 12.2. The average Bonchev–Trinajstić information content (AvgIpc) is 2.87. The lowest BCUT2D eigenvalue weighted by molar-refractivity contribution is 0.0989. The first-order valence-corrected chi connectivity index (χ1v) is 7.49. The molecule has 1 heterocycles. The molecule has 19 heavy (non-hydrogen) atoms. The third-order valence-corrected chi connectivity index (χ3v) is 3.84. The van der Waals surface area contributed by atoms with E-state index in [0.717, 1.165) is 23.7 Å². The van der Waals surface area contributed by atoms with Crippen LogP contribution in [0.15, 0.2) is 41.6 Å². The summed E-state index contributed by atoms with van der Waals surface area (Å²) < 4.78 is 2.00. The van der Waals surface area contributed by atoms with Gasteiger partial charge < -0.3 is 4.57 Å². The van der Waals surface area contributed by atoms with E-state index in [1.165, 1.54) is 4.90 Å². The van der Waals surface area contributed by atoms with E-state index >= 15 is 0 Å². The van der Waals surface area contributed by atoms with Crippen LogP contribution in [0.25, 0.3) is 0 Å². The SMILES string of the molecule is CCSc1ccc(C(=O)Cc2nccn2CC)cc1. The van der Waals surface area contributed by atoms with Crippen molar-refractivity contribution in [1.82, 2.24) is 9.55 Å². The topological polar surface area (TPSA) is 34.9 Å². The van der Waals surface area contributed by atoms with Gasteiger partial charge in [0.25, 0.3) is 0 Å². The van der Waals surface area contributed by atoms with E-state index in [1.807, 2.05) is 42.0 Å². The van der Waals surface area contributed by atoms with Crippen molar-refractivity contribution in [3.8, 4) is 0 Å². The Bertz CT molecular complexity index is 546. The normalized spacial score (nSPS) is 10.6. The number of ketones is 1. The molecule has 0 aliphatic carbocycles. The van der Waals surface area contributed by atoms with Gasteiger partial charge in [-0.15, -0.1) is 11.8 Å². The number of aryl methyl sites for hydroxylation is 1. The van der Waals surface area contributed by atoms with Crippen LogP contribution in [0.2, 0.25) is 0 Å².